The molecule has 0 spiro atoms. The Labute approximate surface area is 168 Å². The van der Waals surface area contributed by atoms with Crippen LogP contribution < -0.4 is 4.74 Å². The third-order valence-electron chi connectivity index (χ3n) is 4.98. The number of hydrogen-bond donors (Lipinski definition) is 1. The lowest BCUT2D eigenvalue weighted by Crippen LogP contribution is -2.43. The number of piperidine rings is 1. The van der Waals surface area contributed by atoms with Gasteiger partial charge in [0.25, 0.3) is 0 Å². The molecule has 0 saturated carbocycles. The largest absolute Gasteiger partial charge is 0.471 e. The molecule has 1 saturated heterocycles. The summed E-state index contributed by atoms with van der Waals surface area (Å²) in [6, 6.07) is 0. The Hall–Kier alpha value is -3.20. The van der Waals surface area contributed by atoms with Gasteiger partial charge in [-0.1, -0.05) is 6.58 Å². The first-order valence-corrected chi connectivity index (χ1v) is 9.62. The average molecular weight is 396 g/mol. The van der Waals surface area contributed by atoms with Crippen molar-refractivity contribution >= 4 is 17.1 Å². The quantitative estimate of drug-likeness (QED) is 0.614. The van der Waals surface area contributed by atoms with Gasteiger partial charge in [0, 0.05) is 37.2 Å². The molecule has 1 N–H and O–H groups in total. The van der Waals surface area contributed by atoms with Crippen molar-refractivity contribution in [2.45, 2.75) is 25.5 Å². The number of carbonyl (C=O) groups is 1. The molecule has 1 amide bonds. The summed E-state index contributed by atoms with van der Waals surface area (Å²) in [4.78, 5) is 25.9. The van der Waals surface area contributed by atoms with Gasteiger partial charge in [-0.15, -0.1) is 0 Å². The topological polar surface area (TPSA) is 98.2 Å². The van der Waals surface area contributed by atoms with Crippen molar-refractivity contribution in [2.24, 2.45) is 0 Å². The SMILES string of the molecule is C=CC(=O)N1CCCC(Oc2cnc3[nH]cc(-c4cnn(CCOC)c4)c3n2)C1. The molecule has 152 valence electrons. The number of nitrogens with zero attached hydrogens (tertiary/aromatic N) is 5. The van der Waals surface area contributed by atoms with Crippen molar-refractivity contribution in [3.05, 3.63) is 37.4 Å². The van der Waals surface area contributed by atoms with Gasteiger partial charge < -0.3 is 19.4 Å². The van der Waals surface area contributed by atoms with E-state index in [1.807, 2.05) is 17.1 Å². The first-order chi connectivity index (χ1) is 14.2. The average Bonchev–Trinajstić information content (AvgIpc) is 3.38. The number of rotatable bonds is 7. The Morgan fingerprint density at radius 1 is 1.45 bits per heavy atom. The van der Waals surface area contributed by atoms with Crippen LogP contribution in [-0.2, 0) is 16.1 Å². The lowest BCUT2D eigenvalue weighted by atomic mass is 10.1. The molecule has 3 aromatic heterocycles. The molecule has 9 heteroatoms. The maximum atomic E-state index is 11.9. The number of fused-ring (bicyclic) bond motifs is 1. The highest BCUT2D eigenvalue weighted by Crippen LogP contribution is 2.28. The van der Waals surface area contributed by atoms with Crippen LogP contribution in [0.1, 0.15) is 12.8 Å². The molecule has 0 aliphatic carbocycles. The maximum Gasteiger partial charge on any atom is 0.246 e. The number of nitrogens with one attached hydrogen (secondary N) is 1. The number of aromatic nitrogens is 5. The minimum absolute atomic E-state index is 0.0711. The molecule has 1 fully saturated rings. The van der Waals surface area contributed by atoms with Crippen LogP contribution >= 0.6 is 0 Å². The van der Waals surface area contributed by atoms with Gasteiger partial charge in [-0.2, -0.15) is 5.10 Å². The third kappa shape index (κ3) is 4.14. The second-order valence-corrected chi connectivity index (χ2v) is 6.96. The molecule has 1 atom stereocenters. The van der Waals surface area contributed by atoms with Crippen LogP contribution in [0, 0.1) is 0 Å². The predicted octanol–water partition coefficient (Wildman–Crippen LogP) is 2.02. The van der Waals surface area contributed by atoms with Crippen LogP contribution in [0.25, 0.3) is 22.3 Å². The van der Waals surface area contributed by atoms with E-state index in [9.17, 15) is 4.79 Å². The van der Waals surface area contributed by atoms with Crippen LogP contribution in [0.4, 0.5) is 0 Å². The van der Waals surface area contributed by atoms with Gasteiger partial charge >= 0.3 is 0 Å². The van der Waals surface area contributed by atoms with Crippen LogP contribution in [0.5, 0.6) is 5.88 Å². The Kier molecular flexibility index (Phi) is 5.57. The normalized spacial score (nSPS) is 16.9. The summed E-state index contributed by atoms with van der Waals surface area (Å²) < 4.78 is 13.0. The molecule has 9 nitrogen and oxygen atoms in total. The Balaban J connectivity index is 1.53. The summed E-state index contributed by atoms with van der Waals surface area (Å²) >= 11 is 0. The second kappa shape index (κ2) is 8.44. The zero-order valence-corrected chi connectivity index (χ0v) is 16.4. The monoisotopic (exact) mass is 396 g/mol. The van der Waals surface area contributed by atoms with Gasteiger partial charge in [0.1, 0.15) is 11.6 Å². The van der Waals surface area contributed by atoms with Gasteiger partial charge in [0.05, 0.1) is 32.1 Å². The number of H-pyrrole nitrogens is 1. The Morgan fingerprint density at radius 3 is 3.17 bits per heavy atom. The van der Waals surface area contributed by atoms with Crippen molar-refractivity contribution in [2.75, 3.05) is 26.8 Å². The van der Waals surface area contributed by atoms with Crippen molar-refractivity contribution in [3.63, 3.8) is 0 Å². The first-order valence-electron chi connectivity index (χ1n) is 9.62. The fourth-order valence-electron chi connectivity index (χ4n) is 3.50. The molecular formula is C20H24N6O3. The molecule has 4 rings (SSSR count). The molecule has 1 aliphatic rings. The molecular weight excluding hydrogens is 372 g/mol. The minimum atomic E-state index is -0.112. The van der Waals surface area contributed by atoms with Crippen LogP contribution in [0.2, 0.25) is 0 Å². The van der Waals surface area contributed by atoms with Crippen molar-refractivity contribution in [1.29, 1.82) is 0 Å². The summed E-state index contributed by atoms with van der Waals surface area (Å²) in [5.41, 5.74) is 3.26. The highest BCUT2D eigenvalue weighted by atomic mass is 16.5. The molecule has 0 aromatic carbocycles. The summed E-state index contributed by atoms with van der Waals surface area (Å²) in [5.74, 6) is 0.376. The molecule has 3 aromatic rings. The van der Waals surface area contributed by atoms with E-state index >= 15 is 0 Å². The van der Waals surface area contributed by atoms with Crippen molar-refractivity contribution in [1.82, 2.24) is 29.6 Å². The number of amides is 1. The van der Waals surface area contributed by atoms with Crippen LogP contribution in [0.15, 0.2) is 37.4 Å². The van der Waals surface area contributed by atoms with E-state index in [0.717, 1.165) is 36.0 Å². The van der Waals surface area contributed by atoms with Crippen molar-refractivity contribution < 1.29 is 14.3 Å². The lowest BCUT2D eigenvalue weighted by molar-refractivity contribution is -0.128. The van der Waals surface area contributed by atoms with Gasteiger partial charge in [-0.3, -0.25) is 9.48 Å². The summed E-state index contributed by atoms with van der Waals surface area (Å²) in [6.07, 6.45) is 10.2. The number of aromatic amines is 1. The molecule has 0 bridgehead atoms. The number of likely N-dealkylation sites (tertiary alicyclic amines) is 1. The first kappa shape index (κ1) is 19.1. The van der Waals surface area contributed by atoms with Crippen LogP contribution in [0.3, 0.4) is 0 Å². The van der Waals surface area contributed by atoms with Gasteiger partial charge in [0.15, 0.2) is 5.65 Å². The molecule has 29 heavy (non-hydrogen) atoms. The Morgan fingerprint density at radius 2 is 2.34 bits per heavy atom. The number of hydrogen-bond acceptors (Lipinski definition) is 6. The van der Waals surface area contributed by atoms with Gasteiger partial charge in [0.2, 0.25) is 11.8 Å². The van der Waals surface area contributed by atoms with Gasteiger partial charge in [-0.05, 0) is 18.9 Å². The van der Waals surface area contributed by atoms with Crippen LogP contribution in [-0.4, -0.2) is 68.4 Å². The summed E-state index contributed by atoms with van der Waals surface area (Å²) in [7, 11) is 1.67. The minimum Gasteiger partial charge on any atom is -0.471 e. The number of methoxy groups -OCH3 is 1. The smallest absolute Gasteiger partial charge is 0.246 e. The molecule has 1 aliphatic heterocycles. The maximum absolute atomic E-state index is 11.9. The van der Waals surface area contributed by atoms with E-state index in [2.05, 4.69) is 26.6 Å². The predicted molar refractivity (Wildman–Crippen MR) is 107 cm³/mol. The van der Waals surface area contributed by atoms with E-state index in [-0.39, 0.29) is 12.0 Å². The van der Waals surface area contributed by atoms with E-state index in [0.29, 0.717) is 31.2 Å². The van der Waals surface area contributed by atoms with Gasteiger partial charge in [-0.25, -0.2) is 9.97 Å². The summed E-state index contributed by atoms with van der Waals surface area (Å²) in [6.45, 7) is 6.09. The van der Waals surface area contributed by atoms with Crippen molar-refractivity contribution in [3.8, 4) is 17.0 Å². The lowest BCUT2D eigenvalue weighted by Gasteiger charge is -2.31. The number of carbonyl (C=O) groups excluding carboxylic acids is 1. The highest BCUT2D eigenvalue weighted by molar-refractivity contribution is 5.90. The third-order valence-corrected chi connectivity index (χ3v) is 4.98. The van der Waals surface area contributed by atoms with E-state index in [1.54, 1.807) is 24.4 Å². The summed E-state index contributed by atoms with van der Waals surface area (Å²) in [5, 5.41) is 4.36. The fraction of sp³-hybridized carbons (Fsp3) is 0.400. The molecule has 4 heterocycles. The highest BCUT2D eigenvalue weighted by Gasteiger charge is 2.24. The standard InChI is InChI=1S/C20H24N6O3/c1-3-18(27)25-6-4-5-15(13-25)29-17-11-22-20-19(24-17)16(10-21-20)14-9-23-26(12-14)7-8-28-2/h3,9-12,15H,1,4-8,13H2,2H3,(H,21,22). The van der Waals surface area contributed by atoms with E-state index in [1.165, 1.54) is 6.08 Å². The fourth-order valence-corrected chi connectivity index (χ4v) is 3.50. The number of ether oxygens (including phenoxy) is 2. The zero-order valence-electron chi connectivity index (χ0n) is 16.4. The van der Waals surface area contributed by atoms with E-state index < -0.39 is 0 Å². The molecule has 1 unspecified atom stereocenters. The zero-order chi connectivity index (χ0) is 20.2. The van der Waals surface area contributed by atoms with E-state index in [4.69, 9.17) is 9.47 Å². The second-order valence-electron chi connectivity index (χ2n) is 6.96. The Bertz CT molecular complexity index is 1010. The molecule has 0 radical (unpaired) electrons.